The molecule has 0 aromatic heterocycles. The molecule has 2 aliphatic carbocycles. The Hall–Kier alpha value is -2.59. The van der Waals surface area contributed by atoms with Crippen molar-refractivity contribution in [1.29, 1.82) is 0 Å². The Morgan fingerprint density at radius 1 is 1.00 bits per heavy atom. The first-order chi connectivity index (χ1) is 13.6. The van der Waals surface area contributed by atoms with Crippen molar-refractivity contribution in [2.24, 2.45) is 0 Å². The minimum Gasteiger partial charge on any atom is -0.349 e. The maximum Gasteiger partial charge on any atom is 0.251 e. The fourth-order valence-corrected chi connectivity index (χ4v) is 3.19. The lowest BCUT2D eigenvalue weighted by molar-refractivity contribution is -0.127. The molecule has 0 unspecified atom stereocenters. The van der Waals surface area contributed by atoms with E-state index in [1.807, 2.05) is 59.5 Å². The number of halogens is 1. The van der Waals surface area contributed by atoms with Gasteiger partial charge in [0.05, 0.1) is 0 Å². The molecule has 4 nitrogen and oxygen atoms in total. The molecule has 2 aromatic carbocycles. The molecule has 144 valence electrons. The van der Waals surface area contributed by atoms with Gasteiger partial charge in [-0.25, -0.2) is 0 Å². The fourth-order valence-electron chi connectivity index (χ4n) is 3.06. The molecule has 0 spiro atoms. The molecular weight excluding hydrogens is 372 g/mol. The van der Waals surface area contributed by atoms with Gasteiger partial charge in [0.2, 0.25) is 5.91 Å². The summed E-state index contributed by atoms with van der Waals surface area (Å²) >= 11 is 5.90. The van der Waals surface area contributed by atoms with Crippen molar-refractivity contribution in [2.45, 2.75) is 44.3 Å². The highest BCUT2D eigenvalue weighted by atomic mass is 35.5. The molecule has 2 aromatic rings. The third kappa shape index (κ3) is 5.02. The van der Waals surface area contributed by atoms with E-state index in [1.165, 1.54) is 0 Å². The first-order valence-corrected chi connectivity index (χ1v) is 10.1. The van der Waals surface area contributed by atoms with E-state index in [4.69, 9.17) is 11.6 Å². The van der Waals surface area contributed by atoms with Crippen LogP contribution in [0.5, 0.6) is 0 Å². The van der Waals surface area contributed by atoms with Crippen LogP contribution >= 0.6 is 11.6 Å². The molecular formula is C23H23ClN2O2. The number of hydrogen-bond acceptors (Lipinski definition) is 2. The molecule has 5 heteroatoms. The molecule has 0 saturated heterocycles. The minimum atomic E-state index is -0.0185. The third-order valence-electron chi connectivity index (χ3n) is 5.04. The maximum absolute atomic E-state index is 12.7. The fraction of sp³-hybridized carbons (Fsp3) is 0.304. The molecule has 28 heavy (non-hydrogen) atoms. The molecule has 0 radical (unpaired) electrons. The van der Waals surface area contributed by atoms with E-state index in [2.05, 4.69) is 5.32 Å². The lowest BCUT2D eigenvalue weighted by Crippen LogP contribution is -2.31. The highest BCUT2D eigenvalue weighted by Crippen LogP contribution is 2.29. The molecule has 2 saturated carbocycles. The highest BCUT2D eigenvalue weighted by molar-refractivity contribution is 6.30. The van der Waals surface area contributed by atoms with E-state index < -0.39 is 0 Å². The predicted octanol–water partition coefficient (Wildman–Crippen LogP) is 4.44. The number of nitrogens with zero attached hydrogens (tertiary/aromatic N) is 1. The van der Waals surface area contributed by atoms with Crippen molar-refractivity contribution in [3.63, 3.8) is 0 Å². The number of rotatable bonds is 7. The van der Waals surface area contributed by atoms with Crippen molar-refractivity contribution in [2.75, 3.05) is 0 Å². The molecule has 0 atom stereocenters. The van der Waals surface area contributed by atoms with E-state index in [1.54, 1.807) is 6.08 Å². The van der Waals surface area contributed by atoms with Gasteiger partial charge in [-0.05, 0) is 67.2 Å². The van der Waals surface area contributed by atoms with Crippen LogP contribution in [0.1, 0.15) is 47.2 Å². The summed E-state index contributed by atoms with van der Waals surface area (Å²) in [4.78, 5) is 26.7. The Labute approximate surface area is 170 Å². The van der Waals surface area contributed by atoms with Crippen LogP contribution in [0.2, 0.25) is 5.02 Å². The van der Waals surface area contributed by atoms with Crippen molar-refractivity contribution >= 4 is 29.5 Å². The predicted molar refractivity (Wildman–Crippen MR) is 111 cm³/mol. The summed E-state index contributed by atoms with van der Waals surface area (Å²) in [5.74, 6) is -0.0110. The first kappa shape index (κ1) is 18.8. The second-order valence-electron chi connectivity index (χ2n) is 7.53. The van der Waals surface area contributed by atoms with E-state index in [0.29, 0.717) is 29.2 Å². The lowest BCUT2D eigenvalue weighted by Gasteiger charge is -2.21. The van der Waals surface area contributed by atoms with Crippen LogP contribution in [0.3, 0.4) is 0 Å². The van der Waals surface area contributed by atoms with E-state index in [0.717, 1.165) is 36.8 Å². The van der Waals surface area contributed by atoms with Gasteiger partial charge in [0.25, 0.3) is 5.91 Å². The largest absolute Gasteiger partial charge is 0.349 e. The monoisotopic (exact) mass is 394 g/mol. The van der Waals surface area contributed by atoms with Crippen LogP contribution in [-0.4, -0.2) is 28.8 Å². The van der Waals surface area contributed by atoms with Crippen molar-refractivity contribution in [3.8, 4) is 0 Å². The SMILES string of the molecule is O=C(NC1CC1)c1ccc(CN(C(=O)/C=C/c2ccc(Cl)cc2)C2CC2)cc1. The topological polar surface area (TPSA) is 49.4 Å². The van der Waals surface area contributed by atoms with Gasteiger partial charge in [-0.2, -0.15) is 0 Å². The Bertz CT molecular complexity index is 882. The average molecular weight is 395 g/mol. The molecule has 0 bridgehead atoms. The second-order valence-corrected chi connectivity index (χ2v) is 7.96. The Morgan fingerprint density at radius 3 is 2.29 bits per heavy atom. The number of nitrogens with one attached hydrogen (secondary N) is 1. The quantitative estimate of drug-likeness (QED) is 0.706. The van der Waals surface area contributed by atoms with Crippen molar-refractivity contribution in [3.05, 3.63) is 76.3 Å². The van der Waals surface area contributed by atoms with Gasteiger partial charge in [-0.15, -0.1) is 0 Å². The Kier molecular flexibility index (Phi) is 5.49. The van der Waals surface area contributed by atoms with Crippen LogP contribution in [0.4, 0.5) is 0 Å². The Balaban J connectivity index is 1.39. The average Bonchev–Trinajstić information content (AvgIpc) is 3.60. The zero-order valence-electron chi connectivity index (χ0n) is 15.6. The minimum absolute atomic E-state index is 0.00741. The van der Waals surface area contributed by atoms with E-state index in [-0.39, 0.29) is 11.8 Å². The lowest BCUT2D eigenvalue weighted by atomic mass is 10.1. The Morgan fingerprint density at radius 2 is 1.68 bits per heavy atom. The van der Waals surface area contributed by atoms with Crippen LogP contribution in [0.25, 0.3) is 6.08 Å². The number of benzene rings is 2. The number of amides is 2. The van der Waals surface area contributed by atoms with E-state index >= 15 is 0 Å². The third-order valence-corrected chi connectivity index (χ3v) is 5.29. The summed E-state index contributed by atoms with van der Waals surface area (Å²) in [5.41, 5.74) is 2.64. The smallest absolute Gasteiger partial charge is 0.251 e. The first-order valence-electron chi connectivity index (χ1n) is 9.72. The molecule has 2 fully saturated rings. The van der Waals surface area contributed by atoms with E-state index in [9.17, 15) is 9.59 Å². The molecule has 0 heterocycles. The van der Waals surface area contributed by atoms with Crippen molar-refractivity contribution < 1.29 is 9.59 Å². The highest BCUT2D eigenvalue weighted by Gasteiger charge is 2.31. The normalized spacial score (nSPS) is 16.2. The standard InChI is InChI=1S/C23H23ClN2O2/c24-19-8-3-16(4-9-19)5-14-22(27)26(21-12-13-21)15-17-1-6-18(7-2-17)23(28)25-20-10-11-20/h1-9,14,20-21H,10-13,15H2,(H,25,28)/b14-5+. The summed E-state index contributed by atoms with van der Waals surface area (Å²) in [6, 6.07) is 15.6. The number of hydrogen-bond donors (Lipinski definition) is 1. The zero-order valence-corrected chi connectivity index (χ0v) is 16.4. The number of carbonyl (C=O) groups excluding carboxylic acids is 2. The summed E-state index contributed by atoms with van der Waals surface area (Å²) < 4.78 is 0. The van der Waals surface area contributed by atoms with Gasteiger partial charge in [0.1, 0.15) is 0 Å². The van der Waals surface area contributed by atoms with Crippen LogP contribution in [0.15, 0.2) is 54.6 Å². The van der Waals surface area contributed by atoms with Gasteiger partial charge in [0, 0.05) is 35.3 Å². The van der Waals surface area contributed by atoms with Gasteiger partial charge < -0.3 is 10.2 Å². The second kappa shape index (κ2) is 8.19. The van der Waals surface area contributed by atoms with Gasteiger partial charge in [-0.1, -0.05) is 35.9 Å². The molecule has 1 N–H and O–H groups in total. The van der Waals surface area contributed by atoms with Gasteiger partial charge in [0.15, 0.2) is 0 Å². The summed E-state index contributed by atoms with van der Waals surface area (Å²) in [6.07, 6.45) is 7.68. The summed E-state index contributed by atoms with van der Waals surface area (Å²) in [7, 11) is 0. The summed E-state index contributed by atoms with van der Waals surface area (Å²) in [5, 5.41) is 3.67. The zero-order chi connectivity index (χ0) is 19.5. The van der Waals surface area contributed by atoms with Crippen molar-refractivity contribution in [1.82, 2.24) is 10.2 Å². The van der Waals surface area contributed by atoms with Gasteiger partial charge in [-0.3, -0.25) is 9.59 Å². The van der Waals surface area contributed by atoms with Crippen LogP contribution in [-0.2, 0) is 11.3 Å². The summed E-state index contributed by atoms with van der Waals surface area (Å²) in [6.45, 7) is 0.555. The van der Waals surface area contributed by atoms with Crippen LogP contribution in [0, 0.1) is 0 Å². The van der Waals surface area contributed by atoms with Gasteiger partial charge >= 0.3 is 0 Å². The molecule has 2 aliphatic rings. The number of carbonyl (C=O) groups is 2. The molecule has 2 amide bonds. The maximum atomic E-state index is 12.7. The molecule has 0 aliphatic heterocycles. The molecule has 4 rings (SSSR count). The van der Waals surface area contributed by atoms with Crippen LogP contribution < -0.4 is 5.32 Å².